The maximum Gasteiger partial charge on any atom is 0.252 e. The van der Waals surface area contributed by atoms with E-state index in [0.717, 1.165) is 41.8 Å². The molecular formula is C19H21ClN2O2. The molecule has 24 heavy (non-hydrogen) atoms. The highest BCUT2D eigenvalue weighted by atomic mass is 35.5. The van der Waals surface area contributed by atoms with Crippen LogP contribution in [-0.4, -0.2) is 23.7 Å². The lowest BCUT2D eigenvalue weighted by molar-refractivity contribution is 0.0857. The number of benzene rings is 2. The van der Waals surface area contributed by atoms with Crippen LogP contribution in [0.15, 0.2) is 42.5 Å². The number of nitrogens with one attached hydrogen (secondary N) is 2. The fraction of sp³-hybridized carbons (Fsp3) is 0.316. The Labute approximate surface area is 147 Å². The van der Waals surface area contributed by atoms with Crippen molar-refractivity contribution in [2.75, 3.05) is 11.9 Å². The lowest BCUT2D eigenvalue weighted by Crippen LogP contribution is -2.34. The van der Waals surface area contributed by atoms with Crippen molar-refractivity contribution < 1.29 is 9.90 Å². The number of amides is 1. The molecular weight excluding hydrogens is 324 g/mol. The van der Waals surface area contributed by atoms with Gasteiger partial charge in [-0.15, -0.1) is 12.4 Å². The van der Waals surface area contributed by atoms with E-state index in [-0.39, 0.29) is 24.4 Å². The Morgan fingerprint density at radius 1 is 1.17 bits per heavy atom. The SMILES string of the molecule is Cl.O=C(N[C@@H]1c2ccccc2C[C@@H]1O)c1cccc2c1CCCN2. The van der Waals surface area contributed by atoms with Crippen LogP contribution < -0.4 is 10.6 Å². The van der Waals surface area contributed by atoms with E-state index in [1.54, 1.807) is 0 Å². The molecule has 126 valence electrons. The van der Waals surface area contributed by atoms with E-state index in [4.69, 9.17) is 0 Å². The Morgan fingerprint density at radius 3 is 2.88 bits per heavy atom. The number of aliphatic hydroxyl groups is 1. The third kappa shape index (κ3) is 2.87. The Kier molecular flexibility index (Phi) is 4.78. The van der Waals surface area contributed by atoms with Gasteiger partial charge in [0.2, 0.25) is 0 Å². The molecule has 4 nitrogen and oxygen atoms in total. The van der Waals surface area contributed by atoms with E-state index in [1.165, 1.54) is 0 Å². The maximum absolute atomic E-state index is 12.8. The summed E-state index contributed by atoms with van der Waals surface area (Å²) in [6.07, 6.45) is 1.98. The summed E-state index contributed by atoms with van der Waals surface area (Å²) in [5.74, 6) is -0.105. The first-order chi connectivity index (χ1) is 11.2. The van der Waals surface area contributed by atoms with Crippen molar-refractivity contribution >= 4 is 24.0 Å². The van der Waals surface area contributed by atoms with Gasteiger partial charge in [0.05, 0.1) is 12.1 Å². The number of aliphatic hydroxyl groups excluding tert-OH is 1. The number of hydrogen-bond acceptors (Lipinski definition) is 3. The van der Waals surface area contributed by atoms with E-state index >= 15 is 0 Å². The maximum atomic E-state index is 12.8. The Hall–Kier alpha value is -2.04. The van der Waals surface area contributed by atoms with Crippen LogP contribution in [-0.2, 0) is 12.8 Å². The number of halogens is 1. The van der Waals surface area contributed by atoms with Crippen molar-refractivity contribution in [1.82, 2.24) is 5.32 Å². The molecule has 0 saturated heterocycles. The molecule has 0 spiro atoms. The Balaban J connectivity index is 0.00000169. The van der Waals surface area contributed by atoms with E-state index < -0.39 is 6.10 Å². The molecule has 2 atom stereocenters. The minimum absolute atomic E-state index is 0. The first-order valence-corrected chi connectivity index (χ1v) is 8.16. The summed E-state index contributed by atoms with van der Waals surface area (Å²) in [7, 11) is 0. The van der Waals surface area contributed by atoms with Gasteiger partial charge in [0, 0.05) is 24.2 Å². The van der Waals surface area contributed by atoms with E-state index in [1.807, 2.05) is 42.5 Å². The van der Waals surface area contributed by atoms with E-state index in [0.29, 0.717) is 12.0 Å². The van der Waals surface area contributed by atoms with Crippen molar-refractivity contribution in [2.24, 2.45) is 0 Å². The van der Waals surface area contributed by atoms with Crippen molar-refractivity contribution in [3.05, 3.63) is 64.7 Å². The highest BCUT2D eigenvalue weighted by Crippen LogP contribution is 2.32. The van der Waals surface area contributed by atoms with Gasteiger partial charge < -0.3 is 15.7 Å². The standard InChI is InChI=1S/C19H20N2O2.ClH/c22-17-11-12-5-1-2-6-13(12)18(17)21-19(23)15-7-3-9-16-14(15)8-4-10-20-16;/h1-3,5-7,9,17-18,20,22H,4,8,10-11H2,(H,21,23);1H/t17-,18+;/m0./s1. The van der Waals surface area contributed by atoms with Crippen molar-refractivity contribution in [3.8, 4) is 0 Å². The van der Waals surface area contributed by atoms with Gasteiger partial charge in [0.25, 0.3) is 5.91 Å². The molecule has 2 aliphatic rings. The van der Waals surface area contributed by atoms with Gasteiger partial charge in [-0.2, -0.15) is 0 Å². The number of fused-ring (bicyclic) bond motifs is 2. The third-order valence-electron chi connectivity index (χ3n) is 4.83. The first-order valence-electron chi connectivity index (χ1n) is 8.16. The average molecular weight is 345 g/mol. The molecule has 0 unspecified atom stereocenters. The van der Waals surface area contributed by atoms with E-state index in [2.05, 4.69) is 10.6 Å². The first kappa shape index (κ1) is 16.8. The molecule has 2 aromatic carbocycles. The molecule has 5 heteroatoms. The van der Waals surface area contributed by atoms with Crippen molar-refractivity contribution in [3.63, 3.8) is 0 Å². The molecule has 1 amide bonds. The monoisotopic (exact) mass is 344 g/mol. The lowest BCUT2D eigenvalue weighted by Gasteiger charge is -2.23. The molecule has 0 saturated carbocycles. The largest absolute Gasteiger partial charge is 0.390 e. The van der Waals surface area contributed by atoms with Crippen LogP contribution in [0.4, 0.5) is 5.69 Å². The molecule has 1 heterocycles. The summed E-state index contributed by atoms with van der Waals surface area (Å²) in [6, 6.07) is 13.4. The van der Waals surface area contributed by atoms with Gasteiger partial charge in [-0.25, -0.2) is 0 Å². The summed E-state index contributed by atoms with van der Waals surface area (Å²) in [4.78, 5) is 12.8. The van der Waals surface area contributed by atoms with Crippen LogP contribution in [0, 0.1) is 0 Å². The molecule has 2 aromatic rings. The number of anilines is 1. The number of hydrogen-bond donors (Lipinski definition) is 3. The highest BCUT2D eigenvalue weighted by Gasteiger charge is 2.32. The number of rotatable bonds is 2. The van der Waals surface area contributed by atoms with Crippen LogP contribution in [0.2, 0.25) is 0 Å². The highest BCUT2D eigenvalue weighted by molar-refractivity contribution is 5.97. The molecule has 1 aliphatic heterocycles. The number of carbonyl (C=O) groups excluding carboxylic acids is 1. The molecule has 4 rings (SSSR count). The predicted octanol–water partition coefficient (Wildman–Crippen LogP) is 2.85. The average Bonchev–Trinajstić information content (AvgIpc) is 2.90. The van der Waals surface area contributed by atoms with Gasteiger partial charge in [-0.3, -0.25) is 4.79 Å². The quantitative estimate of drug-likeness (QED) is 0.785. The minimum Gasteiger partial charge on any atom is -0.390 e. The molecule has 3 N–H and O–H groups in total. The molecule has 0 aromatic heterocycles. The van der Waals surface area contributed by atoms with E-state index in [9.17, 15) is 9.90 Å². The van der Waals surface area contributed by atoms with Gasteiger partial charge >= 0.3 is 0 Å². The second kappa shape index (κ2) is 6.83. The van der Waals surface area contributed by atoms with Gasteiger partial charge in [0.15, 0.2) is 0 Å². The molecule has 0 bridgehead atoms. The zero-order valence-corrected chi connectivity index (χ0v) is 14.1. The van der Waals surface area contributed by atoms with Crippen LogP contribution in [0.25, 0.3) is 0 Å². The zero-order valence-electron chi connectivity index (χ0n) is 13.3. The third-order valence-corrected chi connectivity index (χ3v) is 4.83. The Bertz CT molecular complexity index is 763. The summed E-state index contributed by atoms with van der Waals surface area (Å²) in [5, 5.41) is 16.7. The smallest absolute Gasteiger partial charge is 0.252 e. The van der Waals surface area contributed by atoms with Crippen LogP contribution in [0.1, 0.15) is 39.5 Å². The zero-order chi connectivity index (χ0) is 15.8. The normalized spacial score (nSPS) is 21.0. The fourth-order valence-corrected chi connectivity index (χ4v) is 3.69. The minimum atomic E-state index is -0.561. The van der Waals surface area contributed by atoms with Crippen molar-refractivity contribution in [1.29, 1.82) is 0 Å². The molecule has 0 fully saturated rings. The lowest BCUT2D eigenvalue weighted by atomic mass is 9.96. The summed E-state index contributed by atoms with van der Waals surface area (Å²) in [6.45, 7) is 0.951. The molecule has 0 radical (unpaired) electrons. The van der Waals surface area contributed by atoms with Gasteiger partial charge in [-0.1, -0.05) is 30.3 Å². The Morgan fingerprint density at radius 2 is 2.00 bits per heavy atom. The second-order valence-corrected chi connectivity index (χ2v) is 6.28. The van der Waals surface area contributed by atoms with Crippen molar-refractivity contribution in [2.45, 2.75) is 31.4 Å². The van der Waals surface area contributed by atoms with Crippen LogP contribution in [0.3, 0.4) is 0 Å². The van der Waals surface area contributed by atoms with Crippen LogP contribution in [0.5, 0.6) is 0 Å². The number of carbonyl (C=O) groups is 1. The summed E-state index contributed by atoms with van der Waals surface area (Å²) >= 11 is 0. The van der Waals surface area contributed by atoms with Gasteiger partial charge in [-0.05, 0) is 41.7 Å². The van der Waals surface area contributed by atoms with Crippen LogP contribution >= 0.6 is 12.4 Å². The summed E-state index contributed by atoms with van der Waals surface area (Å²) in [5.41, 5.74) is 4.98. The molecule has 1 aliphatic carbocycles. The van der Waals surface area contributed by atoms with Gasteiger partial charge in [0.1, 0.15) is 0 Å². The second-order valence-electron chi connectivity index (χ2n) is 6.28. The fourth-order valence-electron chi connectivity index (χ4n) is 3.69. The predicted molar refractivity (Wildman–Crippen MR) is 96.9 cm³/mol. The summed E-state index contributed by atoms with van der Waals surface area (Å²) < 4.78 is 0. The topological polar surface area (TPSA) is 61.4 Å².